The van der Waals surface area contributed by atoms with Crippen molar-refractivity contribution in [2.24, 2.45) is 0 Å². The maximum atomic E-state index is 13.0. The third-order valence-electron chi connectivity index (χ3n) is 2.42. The van der Waals surface area contributed by atoms with Crippen LogP contribution in [0.15, 0.2) is 18.2 Å². The molecule has 1 atom stereocenters. The summed E-state index contributed by atoms with van der Waals surface area (Å²) in [5.74, 6) is -0.297. The van der Waals surface area contributed by atoms with Crippen LogP contribution in [0.1, 0.15) is 18.1 Å². The molecule has 0 spiro atoms. The van der Waals surface area contributed by atoms with E-state index in [0.717, 1.165) is 11.1 Å². The molecule has 5 heteroatoms. The fourth-order valence-corrected chi connectivity index (χ4v) is 1.40. The molecule has 0 aliphatic heterocycles. The molecule has 0 saturated carbocycles. The fraction of sp³-hybridized carbons (Fsp3) is 0.455. The van der Waals surface area contributed by atoms with E-state index in [2.05, 4.69) is 26.6 Å². The predicted octanol–water partition coefficient (Wildman–Crippen LogP) is 1.70. The summed E-state index contributed by atoms with van der Waals surface area (Å²) in [6.07, 6.45) is 0. The van der Waals surface area contributed by atoms with Crippen LogP contribution < -0.4 is 10.6 Å². The summed E-state index contributed by atoms with van der Waals surface area (Å²) in [6.45, 7) is 2.29. The van der Waals surface area contributed by atoms with Crippen molar-refractivity contribution >= 4 is 15.9 Å². The first-order chi connectivity index (χ1) is 7.48. The number of rotatable bonds is 5. The average Bonchev–Trinajstić information content (AvgIpc) is 2.27. The lowest BCUT2D eigenvalue weighted by Gasteiger charge is -2.24. The van der Waals surface area contributed by atoms with Crippen molar-refractivity contribution in [3.05, 3.63) is 35.1 Å². The predicted molar refractivity (Wildman–Crippen MR) is 65.6 cm³/mol. The number of halogens is 2. The van der Waals surface area contributed by atoms with Gasteiger partial charge in [-0.3, -0.25) is 10.6 Å². The quantitative estimate of drug-likeness (QED) is 0.439. The SMILES string of the molecule is CNC(C)(Br)NCc1cc(F)ccc1CO. The Kier molecular flexibility index (Phi) is 4.86. The van der Waals surface area contributed by atoms with Gasteiger partial charge in [0.1, 0.15) is 10.4 Å². The first kappa shape index (κ1) is 13.6. The summed E-state index contributed by atoms with van der Waals surface area (Å²) in [7, 11) is 1.81. The molecule has 0 aliphatic carbocycles. The van der Waals surface area contributed by atoms with Gasteiger partial charge in [0.05, 0.1) is 6.61 Å². The highest BCUT2D eigenvalue weighted by Gasteiger charge is 2.16. The Morgan fingerprint density at radius 1 is 1.44 bits per heavy atom. The molecule has 1 unspecified atom stereocenters. The highest BCUT2D eigenvalue weighted by molar-refractivity contribution is 9.10. The summed E-state index contributed by atoms with van der Waals surface area (Å²) in [4.78, 5) is 0. The highest BCUT2D eigenvalue weighted by Crippen LogP contribution is 2.14. The van der Waals surface area contributed by atoms with Crippen molar-refractivity contribution < 1.29 is 9.50 Å². The molecule has 1 aromatic carbocycles. The molecule has 1 rings (SSSR count). The maximum Gasteiger partial charge on any atom is 0.123 e. The van der Waals surface area contributed by atoms with E-state index in [1.54, 1.807) is 13.1 Å². The Hall–Kier alpha value is -0.490. The summed E-state index contributed by atoms with van der Waals surface area (Å²) in [6, 6.07) is 4.37. The van der Waals surface area contributed by atoms with E-state index in [1.165, 1.54) is 12.1 Å². The van der Waals surface area contributed by atoms with Crippen molar-refractivity contribution in [1.82, 2.24) is 10.6 Å². The number of hydrogen-bond acceptors (Lipinski definition) is 3. The van der Waals surface area contributed by atoms with Crippen molar-refractivity contribution in [3.8, 4) is 0 Å². The summed E-state index contributed by atoms with van der Waals surface area (Å²) >= 11 is 3.42. The summed E-state index contributed by atoms with van der Waals surface area (Å²) in [5.41, 5.74) is 1.48. The van der Waals surface area contributed by atoms with Crippen LogP contribution in [0.3, 0.4) is 0 Å². The second-order valence-corrected chi connectivity index (χ2v) is 5.26. The van der Waals surface area contributed by atoms with Crippen molar-refractivity contribution in [1.29, 1.82) is 0 Å². The Morgan fingerprint density at radius 3 is 2.69 bits per heavy atom. The normalized spacial score (nSPS) is 14.8. The van der Waals surface area contributed by atoms with Crippen LogP contribution in [0.25, 0.3) is 0 Å². The van der Waals surface area contributed by atoms with E-state index in [0.29, 0.717) is 6.54 Å². The Morgan fingerprint density at radius 2 is 2.12 bits per heavy atom. The lowest BCUT2D eigenvalue weighted by atomic mass is 10.1. The molecule has 16 heavy (non-hydrogen) atoms. The van der Waals surface area contributed by atoms with Crippen molar-refractivity contribution in [2.45, 2.75) is 24.6 Å². The Bertz CT molecular complexity index is 358. The largest absolute Gasteiger partial charge is 0.392 e. The van der Waals surface area contributed by atoms with Crippen LogP contribution in [0, 0.1) is 5.82 Å². The number of hydrogen-bond donors (Lipinski definition) is 3. The minimum atomic E-state index is -0.411. The molecular formula is C11H16BrFN2O. The van der Waals surface area contributed by atoms with E-state index in [-0.39, 0.29) is 12.4 Å². The standard InChI is InChI=1S/C11H16BrFN2O/c1-11(12,14-2)15-6-9-5-10(13)4-3-8(9)7-16/h3-5,14-16H,6-7H2,1-2H3. The number of benzene rings is 1. The molecule has 1 aromatic rings. The van der Waals surface area contributed by atoms with Gasteiger partial charge in [-0.1, -0.05) is 22.0 Å². The van der Waals surface area contributed by atoms with Crippen LogP contribution in [-0.2, 0) is 13.2 Å². The van der Waals surface area contributed by atoms with E-state index < -0.39 is 4.57 Å². The zero-order valence-corrected chi connectivity index (χ0v) is 10.9. The molecule has 0 bridgehead atoms. The van der Waals surface area contributed by atoms with Crippen LogP contribution in [0.2, 0.25) is 0 Å². The second kappa shape index (κ2) is 5.72. The van der Waals surface area contributed by atoms with Crippen LogP contribution in [0.5, 0.6) is 0 Å². The molecule has 3 N–H and O–H groups in total. The zero-order chi connectivity index (χ0) is 12.2. The summed E-state index contributed by atoms with van der Waals surface area (Å²) < 4.78 is 12.6. The minimum Gasteiger partial charge on any atom is -0.392 e. The second-order valence-electron chi connectivity index (χ2n) is 3.68. The van der Waals surface area contributed by atoms with E-state index >= 15 is 0 Å². The van der Waals surface area contributed by atoms with Gasteiger partial charge in [0, 0.05) is 6.54 Å². The monoisotopic (exact) mass is 290 g/mol. The van der Waals surface area contributed by atoms with Gasteiger partial charge in [0.2, 0.25) is 0 Å². The molecule has 0 aromatic heterocycles. The first-order valence-electron chi connectivity index (χ1n) is 4.99. The van der Waals surface area contributed by atoms with Gasteiger partial charge >= 0.3 is 0 Å². The first-order valence-corrected chi connectivity index (χ1v) is 5.79. The number of aliphatic hydroxyl groups excluding tert-OH is 1. The van der Waals surface area contributed by atoms with E-state index in [4.69, 9.17) is 5.11 Å². The minimum absolute atomic E-state index is 0.0875. The molecule has 0 amide bonds. The molecule has 0 saturated heterocycles. The maximum absolute atomic E-state index is 13.0. The third kappa shape index (κ3) is 3.83. The Labute approximate surface area is 103 Å². The van der Waals surface area contributed by atoms with Gasteiger partial charge in [0.25, 0.3) is 0 Å². The van der Waals surface area contributed by atoms with Gasteiger partial charge < -0.3 is 5.11 Å². The van der Waals surface area contributed by atoms with Crippen LogP contribution in [-0.4, -0.2) is 16.7 Å². The average molecular weight is 291 g/mol. The lowest BCUT2D eigenvalue weighted by molar-refractivity contribution is 0.279. The molecule has 0 fully saturated rings. The van der Waals surface area contributed by atoms with Crippen LogP contribution in [0.4, 0.5) is 4.39 Å². The van der Waals surface area contributed by atoms with Gasteiger partial charge in [-0.2, -0.15) is 0 Å². The van der Waals surface area contributed by atoms with Crippen molar-refractivity contribution in [3.63, 3.8) is 0 Å². The van der Waals surface area contributed by atoms with Crippen molar-refractivity contribution in [2.75, 3.05) is 7.05 Å². The molecule has 90 valence electrons. The van der Waals surface area contributed by atoms with Gasteiger partial charge in [-0.05, 0) is 37.2 Å². The molecular weight excluding hydrogens is 275 g/mol. The van der Waals surface area contributed by atoms with Gasteiger partial charge in [-0.15, -0.1) is 0 Å². The summed E-state index contributed by atoms with van der Waals surface area (Å²) in [5, 5.41) is 15.3. The fourth-order valence-electron chi connectivity index (χ4n) is 1.26. The van der Waals surface area contributed by atoms with Gasteiger partial charge in [-0.25, -0.2) is 4.39 Å². The highest BCUT2D eigenvalue weighted by atomic mass is 79.9. The van der Waals surface area contributed by atoms with Crippen LogP contribution >= 0.6 is 15.9 Å². The number of nitrogens with one attached hydrogen (secondary N) is 2. The number of alkyl halides is 1. The van der Waals surface area contributed by atoms with E-state index in [1.807, 2.05) is 6.92 Å². The smallest absolute Gasteiger partial charge is 0.123 e. The zero-order valence-electron chi connectivity index (χ0n) is 9.35. The molecule has 0 aliphatic rings. The topological polar surface area (TPSA) is 44.3 Å². The Balaban J connectivity index is 2.76. The third-order valence-corrected chi connectivity index (χ3v) is 3.10. The lowest BCUT2D eigenvalue weighted by Crippen LogP contribution is -2.46. The molecule has 3 nitrogen and oxygen atoms in total. The number of aliphatic hydroxyl groups is 1. The van der Waals surface area contributed by atoms with Gasteiger partial charge in [0.15, 0.2) is 0 Å². The molecule has 0 heterocycles. The molecule has 0 radical (unpaired) electrons. The van der Waals surface area contributed by atoms with E-state index in [9.17, 15) is 4.39 Å².